The second-order valence-electron chi connectivity index (χ2n) is 5.57. The highest BCUT2D eigenvalue weighted by atomic mass is 79.9. The van der Waals surface area contributed by atoms with E-state index in [1.54, 1.807) is 18.2 Å². The summed E-state index contributed by atoms with van der Waals surface area (Å²) in [6.07, 6.45) is -1.77. The van der Waals surface area contributed by atoms with Crippen molar-refractivity contribution in [3.05, 3.63) is 106 Å². The highest BCUT2D eigenvalue weighted by molar-refractivity contribution is 9.10. The van der Waals surface area contributed by atoms with E-state index in [4.69, 9.17) is 4.74 Å². The summed E-state index contributed by atoms with van der Waals surface area (Å²) in [5.74, 6) is -0.490. The fourth-order valence-corrected chi connectivity index (χ4v) is 3.03. The largest absolute Gasteiger partial charge is 0.451 e. The predicted molar refractivity (Wildman–Crippen MR) is 100 cm³/mol. The minimum atomic E-state index is -0.963. The molecule has 0 spiro atoms. The highest BCUT2D eigenvalue weighted by Gasteiger charge is 2.27. The number of esters is 1. The molecule has 0 radical (unpaired) electrons. The first-order chi connectivity index (χ1) is 12.2. The smallest absolute Gasteiger partial charge is 0.340 e. The van der Waals surface area contributed by atoms with Gasteiger partial charge in [-0.25, -0.2) is 4.79 Å². The molecule has 3 nitrogen and oxygen atoms in total. The van der Waals surface area contributed by atoms with Crippen molar-refractivity contribution in [2.45, 2.75) is 12.2 Å². The van der Waals surface area contributed by atoms with Gasteiger partial charge in [-0.2, -0.15) is 0 Å². The van der Waals surface area contributed by atoms with E-state index in [9.17, 15) is 9.90 Å². The van der Waals surface area contributed by atoms with Crippen LogP contribution in [-0.4, -0.2) is 11.1 Å². The number of ether oxygens (including phenoxy) is 1. The minimum Gasteiger partial charge on any atom is -0.451 e. The van der Waals surface area contributed by atoms with Gasteiger partial charge in [0, 0.05) is 4.47 Å². The van der Waals surface area contributed by atoms with Crippen LogP contribution in [0.25, 0.3) is 0 Å². The van der Waals surface area contributed by atoms with Gasteiger partial charge in [0.1, 0.15) is 6.10 Å². The SMILES string of the molecule is O=C(O[C@@H](c1ccccc1)[C@H](O)c1ccccc1)c1ccccc1Br. The topological polar surface area (TPSA) is 46.5 Å². The van der Waals surface area contributed by atoms with E-state index in [0.717, 1.165) is 5.56 Å². The highest BCUT2D eigenvalue weighted by Crippen LogP contribution is 2.33. The average molecular weight is 397 g/mol. The van der Waals surface area contributed by atoms with Crippen LogP contribution in [-0.2, 0) is 4.74 Å². The van der Waals surface area contributed by atoms with Crippen LogP contribution in [0.1, 0.15) is 33.7 Å². The summed E-state index contributed by atoms with van der Waals surface area (Å²) >= 11 is 3.36. The maximum Gasteiger partial charge on any atom is 0.340 e. The zero-order valence-electron chi connectivity index (χ0n) is 13.4. The zero-order valence-corrected chi connectivity index (χ0v) is 15.0. The van der Waals surface area contributed by atoms with Crippen LogP contribution in [0.4, 0.5) is 0 Å². The summed E-state index contributed by atoms with van der Waals surface area (Å²) in [4.78, 5) is 12.6. The molecule has 0 aliphatic carbocycles. The number of aliphatic hydroxyl groups excluding tert-OH is 1. The van der Waals surface area contributed by atoms with Crippen LogP contribution in [0.2, 0.25) is 0 Å². The number of hydrogen-bond donors (Lipinski definition) is 1. The number of rotatable bonds is 5. The van der Waals surface area contributed by atoms with Crippen LogP contribution < -0.4 is 0 Å². The lowest BCUT2D eigenvalue weighted by atomic mass is 9.98. The number of halogens is 1. The Morgan fingerprint density at radius 2 is 1.32 bits per heavy atom. The molecule has 0 fully saturated rings. The van der Waals surface area contributed by atoms with Crippen LogP contribution in [0.5, 0.6) is 0 Å². The lowest BCUT2D eigenvalue weighted by Gasteiger charge is -2.24. The monoisotopic (exact) mass is 396 g/mol. The van der Waals surface area contributed by atoms with Gasteiger partial charge in [-0.1, -0.05) is 72.8 Å². The van der Waals surface area contributed by atoms with E-state index in [2.05, 4.69) is 15.9 Å². The molecule has 1 N–H and O–H groups in total. The molecule has 4 heteroatoms. The Labute approximate surface area is 155 Å². The van der Waals surface area contributed by atoms with Gasteiger partial charge < -0.3 is 9.84 Å². The Bertz CT molecular complexity index is 834. The van der Waals surface area contributed by atoms with Crippen molar-refractivity contribution < 1.29 is 14.6 Å². The molecule has 2 atom stereocenters. The molecule has 0 saturated heterocycles. The van der Waals surface area contributed by atoms with Crippen molar-refractivity contribution in [1.82, 2.24) is 0 Å². The standard InChI is InChI=1S/C21H17BrO3/c22-18-14-8-7-13-17(18)21(24)25-20(16-11-5-2-6-12-16)19(23)15-9-3-1-4-10-15/h1-14,19-20,23H/t19-,20+/m1/s1. The lowest BCUT2D eigenvalue weighted by molar-refractivity contribution is -0.0209. The van der Waals surface area contributed by atoms with Crippen molar-refractivity contribution >= 4 is 21.9 Å². The van der Waals surface area contributed by atoms with Gasteiger partial charge in [-0.15, -0.1) is 0 Å². The van der Waals surface area contributed by atoms with Crippen molar-refractivity contribution in [3.8, 4) is 0 Å². The summed E-state index contributed by atoms with van der Waals surface area (Å²) in [6.45, 7) is 0. The van der Waals surface area contributed by atoms with Crippen molar-refractivity contribution in [3.63, 3.8) is 0 Å². The van der Waals surface area contributed by atoms with Crippen LogP contribution in [0.15, 0.2) is 89.4 Å². The molecule has 0 unspecified atom stereocenters. The number of aliphatic hydroxyl groups is 1. The molecule has 126 valence electrons. The Balaban J connectivity index is 1.92. The fourth-order valence-electron chi connectivity index (χ4n) is 2.59. The van der Waals surface area contributed by atoms with Crippen LogP contribution in [0, 0.1) is 0 Å². The summed E-state index contributed by atoms with van der Waals surface area (Å²) in [5.41, 5.74) is 1.85. The van der Waals surface area contributed by atoms with Gasteiger partial charge in [0.25, 0.3) is 0 Å². The molecule has 0 aliphatic heterocycles. The number of carbonyl (C=O) groups excluding carboxylic acids is 1. The van der Waals surface area contributed by atoms with E-state index in [1.807, 2.05) is 66.7 Å². The van der Waals surface area contributed by atoms with Crippen molar-refractivity contribution in [2.75, 3.05) is 0 Å². The first-order valence-electron chi connectivity index (χ1n) is 7.90. The molecule has 0 aromatic heterocycles. The molecular formula is C21H17BrO3. The molecule has 0 saturated carbocycles. The Hall–Kier alpha value is -2.43. The summed E-state index contributed by atoms with van der Waals surface area (Å²) in [6, 6.07) is 25.5. The summed E-state index contributed by atoms with van der Waals surface area (Å²) < 4.78 is 6.35. The van der Waals surface area contributed by atoms with Gasteiger partial charge in [0.05, 0.1) is 5.56 Å². The molecule has 0 bridgehead atoms. The molecule has 3 aromatic rings. The fraction of sp³-hybridized carbons (Fsp3) is 0.0952. The van der Waals surface area contributed by atoms with Crippen LogP contribution >= 0.6 is 15.9 Å². The number of hydrogen-bond acceptors (Lipinski definition) is 3. The normalized spacial score (nSPS) is 13.0. The van der Waals surface area contributed by atoms with Crippen molar-refractivity contribution in [2.24, 2.45) is 0 Å². The molecule has 25 heavy (non-hydrogen) atoms. The maximum atomic E-state index is 12.6. The minimum absolute atomic E-state index is 0.420. The van der Waals surface area contributed by atoms with Crippen LogP contribution in [0.3, 0.4) is 0 Å². The molecule has 0 heterocycles. The Kier molecular flexibility index (Phi) is 5.64. The Morgan fingerprint density at radius 1 is 0.800 bits per heavy atom. The van der Waals surface area contributed by atoms with E-state index in [0.29, 0.717) is 15.6 Å². The second kappa shape index (κ2) is 8.10. The third kappa shape index (κ3) is 4.16. The van der Waals surface area contributed by atoms with E-state index in [1.165, 1.54) is 0 Å². The Morgan fingerprint density at radius 3 is 1.92 bits per heavy atom. The number of benzene rings is 3. The van der Waals surface area contributed by atoms with Gasteiger partial charge >= 0.3 is 5.97 Å². The molecular weight excluding hydrogens is 380 g/mol. The van der Waals surface area contributed by atoms with E-state index >= 15 is 0 Å². The first-order valence-corrected chi connectivity index (χ1v) is 8.69. The summed E-state index contributed by atoms with van der Waals surface area (Å²) in [5, 5.41) is 10.8. The maximum absolute atomic E-state index is 12.6. The third-order valence-electron chi connectivity index (χ3n) is 3.88. The van der Waals surface area contributed by atoms with Gasteiger partial charge in [0.15, 0.2) is 6.10 Å². The van der Waals surface area contributed by atoms with Gasteiger partial charge in [0.2, 0.25) is 0 Å². The van der Waals surface area contributed by atoms with Gasteiger partial charge in [-0.05, 0) is 39.2 Å². The predicted octanol–water partition coefficient (Wildman–Crippen LogP) is 5.08. The molecule has 0 aliphatic rings. The molecule has 3 rings (SSSR count). The van der Waals surface area contributed by atoms with E-state index < -0.39 is 18.2 Å². The van der Waals surface area contributed by atoms with E-state index in [-0.39, 0.29) is 0 Å². The van der Waals surface area contributed by atoms with Gasteiger partial charge in [-0.3, -0.25) is 0 Å². The molecule has 3 aromatic carbocycles. The third-order valence-corrected chi connectivity index (χ3v) is 4.58. The first kappa shape index (κ1) is 17.4. The second-order valence-corrected chi connectivity index (χ2v) is 6.43. The van der Waals surface area contributed by atoms with Crippen molar-refractivity contribution in [1.29, 1.82) is 0 Å². The average Bonchev–Trinajstić information content (AvgIpc) is 2.67. The quantitative estimate of drug-likeness (QED) is 0.611. The zero-order chi connectivity index (χ0) is 17.6. The molecule has 0 amide bonds. The summed E-state index contributed by atoms with van der Waals surface area (Å²) in [7, 11) is 0. The lowest BCUT2D eigenvalue weighted by Crippen LogP contribution is -2.19. The number of carbonyl (C=O) groups is 1.